The third-order valence-electron chi connectivity index (χ3n) is 13.2. The van der Waals surface area contributed by atoms with Crippen LogP contribution in [0.15, 0.2) is 249 Å². The van der Waals surface area contributed by atoms with Gasteiger partial charge in [-0.25, -0.2) is 15.0 Å². The van der Waals surface area contributed by atoms with Gasteiger partial charge in [-0.05, 0) is 94.0 Å². The molecule has 3 aromatic heterocycles. The fraction of sp³-hybridized carbons (Fsp3) is 0. The second-order valence-corrected chi connectivity index (χ2v) is 17.3. The summed E-state index contributed by atoms with van der Waals surface area (Å²) >= 11 is 0. The number of hydrogen-bond donors (Lipinski definition) is 0. The highest BCUT2D eigenvalue weighted by molar-refractivity contribution is 6.10. The summed E-state index contributed by atoms with van der Waals surface area (Å²) in [5.74, 6) is 1.81. The van der Waals surface area contributed by atoms with Gasteiger partial charge in [0.2, 0.25) is 0 Å². The van der Waals surface area contributed by atoms with Gasteiger partial charge in [-0.1, -0.05) is 188 Å². The van der Waals surface area contributed by atoms with Gasteiger partial charge in [0, 0.05) is 49.6 Å². The summed E-state index contributed by atoms with van der Waals surface area (Å²) in [4.78, 5) is 15.8. The Morgan fingerprint density at radius 1 is 0.206 bits per heavy atom. The molecular weight excluding hydrogens is 827 g/mol. The minimum absolute atomic E-state index is 0.603. The lowest BCUT2D eigenvalue weighted by Crippen LogP contribution is -2.01. The molecule has 0 atom stereocenters. The van der Waals surface area contributed by atoms with Gasteiger partial charge in [0.05, 0.1) is 22.1 Å². The van der Waals surface area contributed by atoms with Crippen molar-refractivity contribution in [1.29, 1.82) is 0 Å². The summed E-state index contributed by atoms with van der Waals surface area (Å²) in [6.45, 7) is 0. The van der Waals surface area contributed by atoms with E-state index in [1.54, 1.807) is 0 Å². The second kappa shape index (κ2) is 16.4. The molecule has 0 bridgehead atoms. The highest BCUT2D eigenvalue weighted by Crippen LogP contribution is 2.37. The van der Waals surface area contributed by atoms with Crippen molar-refractivity contribution < 1.29 is 0 Å². The maximum atomic E-state index is 5.28. The first-order chi connectivity index (χ1) is 33.7. The molecular formula is C63H41N5. The molecule has 0 amide bonds. The van der Waals surface area contributed by atoms with Crippen LogP contribution in [0.3, 0.4) is 0 Å². The van der Waals surface area contributed by atoms with Gasteiger partial charge in [-0.2, -0.15) is 0 Å². The van der Waals surface area contributed by atoms with Crippen LogP contribution in [0.25, 0.3) is 123 Å². The molecule has 0 radical (unpaired) electrons. The quantitative estimate of drug-likeness (QED) is 0.153. The van der Waals surface area contributed by atoms with Crippen molar-refractivity contribution in [2.45, 2.75) is 0 Å². The van der Waals surface area contributed by atoms with Crippen molar-refractivity contribution in [3.8, 4) is 78.9 Å². The maximum absolute atomic E-state index is 5.28. The largest absolute Gasteiger partial charge is 0.309 e. The molecule has 5 nitrogen and oxygen atoms in total. The SMILES string of the molecule is c1ccc(-c2cccc(-c3ccc(-c4nc(-c5cccc(-c6cccc(-n7c8ccccc8c8ccccc87)c6)c5)nc(-c5cccc(-n6c7ccccc7c7ccccc76)c5)n4)cc3)c2)cc1. The number of nitrogens with zero attached hydrogens (tertiary/aromatic N) is 5. The molecule has 5 heteroatoms. The van der Waals surface area contributed by atoms with Crippen LogP contribution in [-0.2, 0) is 0 Å². The topological polar surface area (TPSA) is 48.5 Å². The standard InChI is InChI=1S/C63H41N5/c1-2-16-42(17-3-1)45-18-12-19-46(38-45)43-34-36-44(37-35-43)61-64-62(66-63(65-61)50-23-15-25-52(41-50)68-59-32-10-6-28-55(59)56-29-7-11-33-60(56)68)49-22-13-20-47(39-49)48-21-14-24-51(40-48)67-57-30-8-4-26-53(57)54-27-5-9-31-58(54)67/h1-41H. The first-order valence-corrected chi connectivity index (χ1v) is 23.0. The zero-order valence-corrected chi connectivity index (χ0v) is 36.9. The summed E-state index contributed by atoms with van der Waals surface area (Å²) in [6, 6.07) is 88.1. The van der Waals surface area contributed by atoms with Gasteiger partial charge in [-0.15, -0.1) is 0 Å². The van der Waals surface area contributed by atoms with Crippen LogP contribution in [0, 0.1) is 0 Å². The van der Waals surface area contributed by atoms with E-state index >= 15 is 0 Å². The zero-order chi connectivity index (χ0) is 45.0. The second-order valence-electron chi connectivity index (χ2n) is 17.3. The van der Waals surface area contributed by atoms with E-state index in [-0.39, 0.29) is 0 Å². The number of benzene rings is 10. The van der Waals surface area contributed by atoms with Crippen molar-refractivity contribution in [2.24, 2.45) is 0 Å². The molecule has 0 saturated carbocycles. The molecule has 0 fully saturated rings. The van der Waals surface area contributed by atoms with E-state index < -0.39 is 0 Å². The molecule has 10 aromatic carbocycles. The van der Waals surface area contributed by atoms with Gasteiger partial charge in [-0.3, -0.25) is 0 Å². The lowest BCUT2D eigenvalue weighted by atomic mass is 9.98. The van der Waals surface area contributed by atoms with Crippen LogP contribution in [0.2, 0.25) is 0 Å². The van der Waals surface area contributed by atoms with Crippen LogP contribution in [0.4, 0.5) is 0 Å². The summed E-state index contributed by atoms with van der Waals surface area (Å²) in [5, 5.41) is 4.91. The van der Waals surface area contributed by atoms with Gasteiger partial charge in [0.25, 0.3) is 0 Å². The lowest BCUT2D eigenvalue weighted by Gasteiger charge is -2.13. The predicted octanol–water partition coefficient (Wildman–Crippen LogP) is 16.1. The minimum atomic E-state index is 0.603. The number of rotatable bonds is 8. The van der Waals surface area contributed by atoms with Crippen molar-refractivity contribution in [2.75, 3.05) is 0 Å². The Bertz CT molecular complexity index is 3920. The van der Waals surface area contributed by atoms with Crippen molar-refractivity contribution in [3.05, 3.63) is 249 Å². The molecule has 3 heterocycles. The number of aromatic nitrogens is 5. The van der Waals surface area contributed by atoms with E-state index in [0.717, 1.165) is 61.4 Å². The molecule has 0 aliphatic heterocycles. The highest BCUT2D eigenvalue weighted by atomic mass is 15.0. The number of para-hydroxylation sites is 4. The molecule has 0 aliphatic carbocycles. The Labute approximate surface area is 393 Å². The normalized spacial score (nSPS) is 11.5. The van der Waals surface area contributed by atoms with Crippen molar-refractivity contribution >= 4 is 43.6 Å². The first-order valence-electron chi connectivity index (χ1n) is 23.0. The molecule has 318 valence electrons. The molecule has 68 heavy (non-hydrogen) atoms. The van der Waals surface area contributed by atoms with E-state index in [2.05, 4.69) is 258 Å². The van der Waals surface area contributed by atoms with Crippen molar-refractivity contribution in [3.63, 3.8) is 0 Å². The first kappa shape index (κ1) is 39.2. The van der Waals surface area contributed by atoms with E-state index in [0.29, 0.717) is 17.5 Å². The maximum Gasteiger partial charge on any atom is 0.164 e. The molecule has 13 aromatic rings. The summed E-state index contributed by atoms with van der Waals surface area (Å²) in [7, 11) is 0. The van der Waals surface area contributed by atoms with E-state index in [4.69, 9.17) is 15.0 Å². The fourth-order valence-electron chi connectivity index (χ4n) is 9.93. The smallest absolute Gasteiger partial charge is 0.164 e. The Morgan fingerprint density at radius 2 is 0.500 bits per heavy atom. The van der Waals surface area contributed by atoms with Gasteiger partial charge >= 0.3 is 0 Å². The van der Waals surface area contributed by atoms with Gasteiger partial charge in [0.1, 0.15) is 0 Å². The third-order valence-corrected chi connectivity index (χ3v) is 13.2. The fourth-order valence-corrected chi connectivity index (χ4v) is 9.93. The van der Waals surface area contributed by atoms with Gasteiger partial charge < -0.3 is 9.13 Å². The summed E-state index contributed by atoms with van der Waals surface area (Å²) in [6.07, 6.45) is 0. The van der Waals surface area contributed by atoms with Crippen LogP contribution in [0.1, 0.15) is 0 Å². The highest BCUT2D eigenvalue weighted by Gasteiger charge is 2.18. The van der Waals surface area contributed by atoms with E-state index in [9.17, 15) is 0 Å². The average Bonchev–Trinajstić information content (AvgIpc) is 3.94. The number of fused-ring (bicyclic) bond motifs is 6. The van der Waals surface area contributed by atoms with E-state index in [1.807, 2.05) is 0 Å². The molecule has 0 N–H and O–H groups in total. The summed E-state index contributed by atoms with van der Waals surface area (Å²) < 4.78 is 4.70. The number of hydrogen-bond acceptors (Lipinski definition) is 3. The van der Waals surface area contributed by atoms with Crippen LogP contribution in [0.5, 0.6) is 0 Å². The summed E-state index contributed by atoms with van der Waals surface area (Å²) in [5.41, 5.74) is 16.3. The Kier molecular flexibility index (Phi) is 9.43. The van der Waals surface area contributed by atoms with E-state index in [1.165, 1.54) is 43.7 Å². The van der Waals surface area contributed by atoms with Crippen LogP contribution in [-0.4, -0.2) is 24.1 Å². The minimum Gasteiger partial charge on any atom is -0.309 e. The Morgan fingerprint density at radius 3 is 0.985 bits per heavy atom. The molecule has 0 spiro atoms. The molecule has 0 aliphatic rings. The lowest BCUT2D eigenvalue weighted by molar-refractivity contribution is 1.07. The Hall–Kier alpha value is -9.19. The van der Waals surface area contributed by atoms with Crippen LogP contribution < -0.4 is 0 Å². The Balaban J connectivity index is 0.927. The molecule has 0 saturated heterocycles. The monoisotopic (exact) mass is 867 g/mol. The van der Waals surface area contributed by atoms with Crippen molar-refractivity contribution in [1.82, 2.24) is 24.1 Å². The predicted molar refractivity (Wildman–Crippen MR) is 281 cm³/mol. The van der Waals surface area contributed by atoms with Crippen LogP contribution >= 0.6 is 0 Å². The molecule has 13 rings (SSSR count). The van der Waals surface area contributed by atoms with Gasteiger partial charge in [0.15, 0.2) is 17.5 Å². The molecule has 0 unspecified atom stereocenters. The zero-order valence-electron chi connectivity index (χ0n) is 36.9. The third kappa shape index (κ3) is 6.84. The average molecular weight is 868 g/mol.